The van der Waals surface area contributed by atoms with Crippen LogP contribution in [-0.2, 0) is 0 Å². The van der Waals surface area contributed by atoms with Gasteiger partial charge in [0.25, 0.3) is 0 Å². The van der Waals surface area contributed by atoms with Gasteiger partial charge < -0.3 is 4.74 Å². The van der Waals surface area contributed by atoms with E-state index in [1.54, 1.807) is 7.11 Å². The molecule has 0 fully saturated rings. The molecule has 1 aromatic rings. The maximum absolute atomic E-state index is 5.10. The third kappa shape index (κ3) is 2.03. The van der Waals surface area contributed by atoms with Crippen LogP contribution < -0.4 is 4.74 Å². The molecule has 1 aliphatic heterocycles. The highest BCUT2D eigenvalue weighted by Gasteiger charge is 2.07. The number of rotatable bonds is 2. The van der Waals surface area contributed by atoms with Crippen LogP contribution >= 0.6 is 21.6 Å². The predicted molar refractivity (Wildman–Crippen MR) is 61.0 cm³/mol. The van der Waals surface area contributed by atoms with E-state index >= 15 is 0 Å². The molecule has 0 bridgehead atoms. The van der Waals surface area contributed by atoms with Crippen LogP contribution in [0, 0.1) is 0 Å². The Bertz CT molecular complexity index is 316. The summed E-state index contributed by atoms with van der Waals surface area (Å²) >= 11 is 0. The summed E-state index contributed by atoms with van der Waals surface area (Å²) in [5.74, 6) is 2.03. The van der Waals surface area contributed by atoms with Gasteiger partial charge in [-0.25, -0.2) is 0 Å². The molecule has 68 valence electrons. The average molecular weight is 210 g/mol. The standard InChI is InChI=1S/C10H10OS2/c1-11-9-4-2-8(3-5-9)10-6-7-12-13-10/h2-6H,7H2,1H3. The normalized spacial score (nSPS) is 15.6. The SMILES string of the molecule is COc1ccc(C2=CCSS2)cc1. The fraction of sp³-hybridized carbons (Fsp3) is 0.200. The Morgan fingerprint density at radius 1 is 1.23 bits per heavy atom. The number of methoxy groups -OCH3 is 1. The average Bonchev–Trinajstić information content (AvgIpc) is 2.71. The first-order chi connectivity index (χ1) is 6.40. The Balaban J connectivity index is 2.22. The molecule has 0 aliphatic carbocycles. The second-order valence-corrected chi connectivity index (χ2v) is 5.05. The van der Waals surface area contributed by atoms with Crippen molar-refractivity contribution in [3.63, 3.8) is 0 Å². The van der Waals surface area contributed by atoms with Crippen molar-refractivity contribution >= 4 is 26.5 Å². The second-order valence-electron chi connectivity index (χ2n) is 2.66. The van der Waals surface area contributed by atoms with Crippen LogP contribution in [0.1, 0.15) is 5.56 Å². The van der Waals surface area contributed by atoms with Gasteiger partial charge in [0.15, 0.2) is 0 Å². The number of ether oxygens (including phenoxy) is 1. The summed E-state index contributed by atoms with van der Waals surface area (Å²) in [5.41, 5.74) is 1.29. The Morgan fingerprint density at radius 3 is 2.54 bits per heavy atom. The maximum Gasteiger partial charge on any atom is 0.118 e. The van der Waals surface area contributed by atoms with Crippen molar-refractivity contribution < 1.29 is 4.74 Å². The van der Waals surface area contributed by atoms with E-state index in [2.05, 4.69) is 18.2 Å². The van der Waals surface area contributed by atoms with Crippen LogP contribution in [-0.4, -0.2) is 12.9 Å². The van der Waals surface area contributed by atoms with Gasteiger partial charge in [0.2, 0.25) is 0 Å². The molecule has 0 amide bonds. The van der Waals surface area contributed by atoms with E-state index in [0.29, 0.717) is 0 Å². The molecule has 0 atom stereocenters. The molecule has 1 heterocycles. The molecule has 1 aliphatic rings. The highest BCUT2D eigenvalue weighted by molar-refractivity contribution is 8.80. The summed E-state index contributed by atoms with van der Waals surface area (Å²) in [6.45, 7) is 0. The first-order valence-corrected chi connectivity index (χ1v) is 6.36. The minimum Gasteiger partial charge on any atom is -0.497 e. The van der Waals surface area contributed by atoms with Crippen molar-refractivity contribution in [2.45, 2.75) is 0 Å². The lowest BCUT2D eigenvalue weighted by molar-refractivity contribution is 0.415. The van der Waals surface area contributed by atoms with Crippen LogP contribution in [0.15, 0.2) is 30.3 Å². The van der Waals surface area contributed by atoms with E-state index < -0.39 is 0 Å². The number of hydrogen-bond donors (Lipinski definition) is 0. The van der Waals surface area contributed by atoms with E-state index in [-0.39, 0.29) is 0 Å². The fourth-order valence-electron chi connectivity index (χ4n) is 1.16. The van der Waals surface area contributed by atoms with E-state index in [1.807, 2.05) is 33.7 Å². The van der Waals surface area contributed by atoms with Crippen LogP contribution in [0.3, 0.4) is 0 Å². The fourth-order valence-corrected chi connectivity index (χ4v) is 3.36. The summed E-state index contributed by atoms with van der Waals surface area (Å²) in [6, 6.07) is 8.20. The monoisotopic (exact) mass is 210 g/mol. The summed E-state index contributed by atoms with van der Waals surface area (Å²) in [7, 11) is 5.41. The minimum absolute atomic E-state index is 0.917. The van der Waals surface area contributed by atoms with Gasteiger partial charge in [-0.3, -0.25) is 0 Å². The zero-order valence-corrected chi connectivity index (χ0v) is 8.95. The molecule has 0 saturated heterocycles. The lowest BCUT2D eigenvalue weighted by Crippen LogP contribution is -1.82. The number of benzene rings is 1. The van der Waals surface area contributed by atoms with E-state index in [0.717, 1.165) is 11.5 Å². The topological polar surface area (TPSA) is 9.23 Å². The maximum atomic E-state index is 5.10. The zero-order chi connectivity index (χ0) is 9.10. The molecule has 0 unspecified atom stereocenters. The molecule has 0 radical (unpaired) electrons. The van der Waals surface area contributed by atoms with Gasteiger partial charge in [-0.2, -0.15) is 0 Å². The van der Waals surface area contributed by atoms with Crippen LogP contribution in [0.5, 0.6) is 5.75 Å². The molecule has 0 aromatic heterocycles. The minimum atomic E-state index is 0.917. The molecular formula is C10H10OS2. The molecule has 13 heavy (non-hydrogen) atoms. The number of hydrogen-bond acceptors (Lipinski definition) is 3. The summed E-state index contributed by atoms with van der Waals surface area (Å²) in [5, 5.41) is 0. The molecule has 0 N–H and O–H groups in total. The summed E-state index contributed by atoms with van der Waals surface area (Å²) in [6.07, 6.45) is 2.26. The molecule has 3 heteroatoms. The van der Waals surface area contributed by atoms with Gasteiger partial charge in [0.05, 0.1) is 7.11 Å². The van der Waals surface area contributed by atoms with Crippen molar-refractivity contribution in [2.24, 2.45) is 0 Å². The third-order valence-corrected chi connectivity index (χ3v) is 4.16. The van der Waals surface area contributed by atoms with Gasteiger partial charge >= 0.3 is 0 Å². The van der Waals surface area contributed by atoms with Crippen LogP contribution in [0.4, 0.5) is 0 Å². The van der Waals surface area contributed by atoms with Gasteiger partial charge in [-0.1, -0.05) is 39.8 Å². The van der Waals surface area contributed by atoms with Gasteiger partial charge in [-0.05, 0) is 17.7 Å². The molecule has 0 spiro atoms. The lowest BCUT2D eigenvalue weighted by atomic mass is 10.2. The Morgan fingerprint density at radius 2 is 2.00 bits per heavy atom. The van der Waals surface area contributed by atoms with Crippen LogP contribution in [0.2, 0.25) is 0 Å². The molecule has 2 rings (SSSR count). The van der Waals surface area contributed by atoms with Crippen LogP contribution in [0.25, 0.3) is 4.91 Å². The zero-order valence-electron chi connectivity index (χ0n) is 7.32. The van der Waals surface area contributed by atoms with Gasteiger partial charge in [0, 0.05) is 10.7 Å². The molecule has 1 aromatic carbocycles. The van der Waals surface area contributed by atoms with E-state index in [4.69, 9.17) is 4.74 Å². The quantitative estimate of drug-likeness (QED) is 0.692. The smallest absolute Gasteiger partial charge is 0.118 e. The Kier molecular flexibility index (Phi) is 2.86. The molecular weight excluding hydrogens is 200 g/mol. The second kappa shape index (κ2) is 4.11. The largest absolute Gasteiger partial charge is 0.497 e. The lowest BCUT2D eigenvalue weighted by Gasteiger charge is -2.02. The molecule has 0 saturated carbocycles. The summed E-state index contributed by atoms with van der Waals surface area (Å²) in [4.78, 5) is 1.37. The van der Waals surface area contributed by atoms with Gasteiger partial charge in [0.1, 0.15) is 5.75 Å². The van der Waals surface area contributed by atoms with Crippen molar-refractivity contribution in [2.75, 3.05) is 12.9 Å². The Labute approximate surface area is 86.0 Å². The highest BCUT2D eigenvalue weighted by Crippen LogP contribution is 2.42. The Hall–Kier alpha value is -0.540. The first kappa shape index (κ1) is 9.03. The third-order valence-electron chi connectivity index (χ3n) is 1.86. The van der Waals surface area contributed by atoms with Crippen molar-refractivity contribution in [3.8, 4) is 5.75 Å². The first-order valence-electron chi connectivity index (χ1n) is 4.04. The van der Waals surface area contributed by atoms with Crippen molar-refractivity contribution in [3.05, 3.63) is 35.9 Å². The highest BCUT2D eigenvalue weighted by atomic mass is 33.1. The van der Waals surface area contributed by atoms with Crippen molar-refractivity contribution in [1.29, 1.82) is 0 Å². The van der Waals surface area contributed by atoms with E-state index in [9.17, 15) is 0 Å². The molecule has 1 nitrogen and oxygen atoms in total. The van der Waals surface area contributed by atoms with Gasteiger partial charge in [-0.15, -0.1) is 0 Å². The summed E-state index contributed by atoms with van der Waals surface area (Å²) < 4.78 is 5.10. The van der Waals surface area contributed by atoms with Crippen molar-refractivity contribution in [1.82, 2.24) is 0 Å². The predicted octanol–water partition coefficient (Wildman–Crippen LogP) is 3.43. The van der Waals surface area contributed by atoms with E-state index in [1.165, 1.54) is 10.5 Å².